The molecule has 0 saturated heterocycles. The third-order valence-electron chi connectivity index (χ3n) is 1.18. The Morgan fingerprint density at radius 1 is 1.40 bits per heavy atom. The summed E-state index contributed by atoms with van der Waals surface area (Å²) >= 11 is 0. The third-order valence-corrected chi connectivity index (χ3v) is 1.84. The largest absolute Gasteiger partial charge is 0.328 e. The van der Waals surface area contributed by atoms with E-state index in [-0.39, 0.29) is 0 Å². The van der Waals surface area contributed by atoms with Gasteiger partial charge in [-0.25, -0.2) is 0 Å². The number of rotatable bonds is 4. The average Bonchev–Trinajstić information content (AvgIpc) is 1.59. The van der Waals surface area contributed by atoms with Crippen LogP contribution in [0.3, 0.4) is 0 Å². The molecule has 0 aliphatic heterocycles. The molecule has 0 aromatic carbocycles. The molecule has 0 atom stereocenters. The van der Waals surface area contributed by atoms with Crippen molar-refractivity contribution in [2.75, 3.05) is 0 Å². The third kappa shape index (κ3) is 5.12. The predicted octanol–water partition coefficient (Wildman–Crippen LogP) is 1.79. The van der Waals surface area contributed by atoms with E-state index >= 15 is 0 Å². The molecule has 3 nitrogen and oxygen atoms in total. The maximum Gasteiger partial charge on any atom is 0.327 e. The summed E-state index contributed by atoms with van der Waals surface area (Å²) in [6.45, 7) is 5.72. The van der Waals surface area contributed by atoms with Crippen LogP contribution in [0, 0.1) is 0 Å². The lowest BCUT2D eigenvalue weighted by Gasteiger charge is -2.24. The van der Waals surface area contributed by atoms with Gasteiger partial charge in [0.2, 0.25) is 0 Å². The van der Waals surface area contributed by atoms with Crippen molar-refractivity contribution >= 4 is 8.60 Å². The van der Waals surface area contributed by atoms with Gasteiger partial charge in [-0.2, -0.15) is 0 Å². The number of hydrogen-bond donors (Lipinski definition) is 2. The molecule has 0 aliphatic carbocycles. The second-order valence-electron chi connectivity index (χ2n) is 2.85. The van der Waals surface area contributed by atoms with E-state index < -0.39 is 14.2 Å². The number of hydrogen-bond acceptors (Lipinski definition) is 3. The fourth-order valence-electron chi connectivity index (χ4n) is 0.869. The van der Waals surface area contributed by atoms with E-state index in [0.717, 1.165) is 12.8 Å². The molecule has 0 aliphatic rings. The molecule has 4 heteroatoms. The maximum absolute atomic E-state index is 8.51. The van der Waals surface area contributed by atoms with Crippen molar-refractivity contribution in [3.8, 4) is 0 Å². The van der Waals surface area contributed by atoms with Gasteiger partial charge < -0.3 is 14.3 Å². The van der Waals surface area contributed by atoms with E-state index in [2.05, 4.69) is 0 Å². The maximum atomic E-state index is 8.51. The predicted molar refractivity (Wildman–Crippen MR) is 41.4 cm³/mol. The minimum absolute atomic E-state index is 0.399. The molecular weight excluding hydrogens is 151 g/mol. The summed E-state index contributed by atoms with van der Waals surface area (Å²) in [4.78, 5) is 17.0. The molecule has 0 heterocycles. The lowest BCUT2D eigenvalue weighted by molar-refractivity contribution is 0.0812. The van der Waals surface area contributed by atoms with Crippen LogP contribution in [0.2, 0.25) is 0 Å². The highest BCUT2D eigenvalue weighted by Crippen LogP contribution is 2.34. The molecule has 2 N–H and O–H groups in total. The molecule has 0 saturated carbocycles. The fourth-order valence-corrected chi connectivity index (χ4v) is 1.40. The topological polar surface area (TPSA) is 49.7 Å². The van der Waals surface area contributed by atoms with Crippen molar-refractivity contribution in [3.05, 3.63) is 0 Å². The molecule has 0 amide bonds. The summed E-state index contributed by atoms with van der Waals surface area (Å²) in [6, 6.07) is 0. The molecule has 0 rings (SSSR count). The van der Waals surface area contributed by atoms with Crippen LogP contribution >= 0.6 is 8.60 Å². The zero-order chi connectivity index (χ0) is 8.20. The lowest BCUT2D eigenvalue weighted by atomic mass is 10.0. The highest BCUT2D eigenvalue weighted by atomic mass is 31.2. The quantitative estimate of drug-likeness (QED) is 0.626. The SMILES string of the molecule is CCCC(C)(C)OP(O)O. The van der Waals surface area contributed by atoms with Crippen molar-refractivity contribution in [1.82, 2.24) is 0 Å². The van der Waals surface area contributed by atoms with Crippen LogP contribution in [0.1, 0.15) is 33.6 Å². The van der Waals surface area contributed by atoms with Gasteiger partial charge in [-0.05, 0) is 20.3 Å². The van der Waals surface area contributed by atoms with Crippen molar-refractivity contribution in [3.63, 3.8) is 0 Å². The summed E-state index contributed by atoms with van der Waals surface area (Å²) in [7, 11) is -2.20. The van der Waals surface area contributed by atoms with Gasteiger partial charge >= 0.3 is 8.60 Å². The van der Waals surface area contributed by atoms with Gasteiger partial charge in [-0.3, -0.25) is 0 Å². The summed E-state index contributed by atoms with van der Waals surface area (Å²) in [5, 5.41) is 0. The van der Waals surface area contributed by atoms with Crippen molar-refractivity contribution < 1.29 is 14.3 Å². The molecule has 0 aromatic heterocycles. The highest BCUT2D eigenvalue weighted by molar-refractivity contribution is 7.39. The second kappa shape index (κ2) is 4.24. The van der Waals surface area contributed by atoms with Crippen molar-refractivity contribution in [1.29, 1.82) is 0 Å². The summed E-state index contributed by atoms with van der Waals surface area (Å²) in [5.41, 5.74) is -0.399. The first-order chi connectivity index (χ1) is 4.48. The van der Waals surface area contributed by atoms with E-state index in [1.54, 1.807) is 0 Å². The van der Waals surface area contributed by atoms with Crippen LogP contribution in [-0.2, 0) is 4.52 Å². The van der Waals surface area contributed by atoms with Gasteiger partial charge in [-0.1, -0.05) is 13.3 Å². The van der Waals surface area contributed by atoms with Gasteiger partial charge in [0.05, 0.1) is 5.60 Å². The summed E-state index contributed by atoms with van der Waals surface area (Å²) in [6.07, 6.45) is 1.82. The van der Waals surface area contributed by atoms with Gasteiger partial charge in [0.15, 0.2) is 0 Å². The Hall–Kier alpha value is 0.310. The first-order valence-electron chi connectivity index (χ1n) is 3.35. The highest BCUT2D eigenvalue weighted by Gasteiger charge is 2.20. The molecular formula is C6H15O3P. The van der Waals surface area contributed by atoms with E-state index in [9.17, 15) is 0 Å². The Morgan fingerprint density at radius 3 is 2.20 bits per heavy atom. The first-order valence-corrected chi connectivity index (χ1v) is 4.51. The summed E-state index contributed by atoms with van der Waals surface area (Å²) in [5.74, 6) is 0. The molecule has 0 spiro atoms. The Bertz CT molecular complexity index is 93.0. The zero-order valence-electron chi connectivity index (χ0n) is 6.66. The molecule has 0 aromatic rings. The molecule has 62 valence electrons. The van der Waals surface area contributed by atoms with Gasteiger partial charge in [-0.15, -0.1) is 0 Å². The van der Waals surface area contributed by atoms with Crippen LogP contribution in [0.5, 0.6) is 0 Å². The van der Waals surface area contributed by atoms with E-state index in [1.165, 1.54) is 0 Å². The standard InChI is InChI=1S/C6H15O3P/c1-4-5-6(2,3)9-10(7)8/h7-8H,4-5H2,1-3H3. The van der Waals surface area contributed by atoms with Gasteiger partial charge in [0.1, 0.15) is 0 Å². The molecule has 0 unspecified atom stereocenters. The van der Waals surface area contributed by atoms with Gasteiger partial charge in [0, 0.05) is 0 Å². The minimum atomic E-state index is -2.20. The van der Waals surface area contributed by atoms with Crippen LogP contribution in [-0.4, -0.2) is 15.4 Å². The Balaban J connectivity index is 3.63. The van der Waals surface area contributed by atoms with E-state index in [0.29, 0.717) is 0 Å². The van der Waals surface area contributed by atoms with Crippen LogP contribution in [0.25, 0.3) is 0 Å². The van der Waals surface area contributed by atoms with Crippen LogP contribution < -0.4 is 0 Å². The molecule has 0 radical (unpaired) electrons. The monoisotopic (exact) mass is 166 g/mol. The first kappa shape index (κ1) is 10.3. The lowest BCUT2D eigenvalue weighted by Crippen LogP contribution is -2.21. The molecule has 0 bridgehead atoms. The van der Waals surface area contributed by atoms with Gasteiger partial charge in [0.25, 0.3) is 0 Å². The Morgan fingerprint density at radius 2 is 1.90 bits per heavy atom. The molecule has 10 heavy (non-hydrogen) atoms. The Kier molecular flexibility index (Phi) is 4.37. The zero-order valence-corrected chi connectivity index (χ0v) is 7.56. The average molecular weight is 166 g/mol. The van der Waals surface area contributed by atoms with Crippen molar-refractivity contribution in [2.45, 2.75) is 39.2 Å². The van der Waals surface area contributed by atoms with E-state index in [1.807, 2.05) is 20.8 Å². The van der Waals surface area contributed by atoms with Crippen LogP contribution in [0.4, 0.5) is 0 Å². The fraction of sp³-hybridized carbons (Fsp3) is 1.00. The second-order valence-corrected chi connectivity index (χ2v) is 3.54. The van der Waals surface area contributed by atoms with Crippen molar-refractivity contribution in [2.24, 2.45) is 0 Å². The minimum Gasteiger partial charge on any atom is -0.328 e. The smallest absolute Gasteiger partial charge is 0.327 e. The Labute approximate surface area is 63.0 Å². The summed E-state index contributed by atoms with van der Waals surface area (Å²) < 4.78 is 4.85. The van der Waals surface area contributed by atoms with Crippen LogP contribution in [0.15, 0.2) is 0 Å². The molecule has 0 fully saturated rings. The normalized spacial score (nSPS) is 12.6. The van der Waals surface area contributed by atoms with E-state index in [4.69, 9.17) is 14.3 Å².